The molecule has 0 saturated carbocycles. The number of rotatable bonds is 4. The maximum atomic E-state index is 13.7. The van der Waals surface area contributed by atoms with E-state index in [2.05, 4.69) is 4.74 Å². The summed E-state index contributed by atoms with van der Waals surface area (Å²) in [5.74, 6) is -1.44. The molecule has 110 valence electrons. The van der Waals surface area contributed by atoms with Crippen molar-refractivity contribution in [3.05, 3.63) is 59.7 Å². The van der Waals surface area contributed by atoms with E-state index >= 15 is 0 Å². The summed E-state index contributed by atoms with van der Waals surface area (Å²) in [5, 5.41) is 0. The number of carbonyl (C=O) groups excluding carboxylic acids is 1. The molecule has 0 amide bonds. The molecule has 0 bridgehead atoms. The topological polar surface area (TPSA) is 26.3 Å². The fourth-order valence-electron chi connectivity index (χ4n) is 2.17. The molecule has 0 aliphatic carbocycles. The Morgan fingerprint density at radius 1 is 1.14 bits per heavy atom. The van der Waals surface area contributed by atoms with E-state index in [4.69, 9.17) is 0 Å². The monoisotopic (exact) mass is 290 g/mol. The third kappa shape index (κ3) is 3.66. The van der Waals surface area contributed by atoms with Crippen LogP contribution in [0.1, 0.15) is 24.8 Å². The summed E-state index contributed by atoms with van der Waals surface area (Å²) in [7, 11) is 1.36. The van der Waals surface area contributed by atoms with E-state index < -0.39 is 11.6 Å². The van der Waals surface area contributed by atoms with Gasteiger partial charge in [0.15, 0.2) is 0 Å². The minimum absolute atomic E-state index is 0.0181. The van der Waals surface area contributed by atoms with Crippen molar-refractivity contribution in [3.63, 3.8) is 0 Å². The Balaban J connectivity index is 2.20. The van der Waals surface area contributed by atoms with Gasteiger partial charge in [0.1, 0.15) is 11.6 Å². The van der Waals surface area contributed by atoms with Crippen molar-refractivity contribution in [1.29, 1.82) is 0 Å². The van der Waals surface area contributed by atoms with Gasteiger partial charge < -0.3 is 4.74 Å². The van der Waals surface area contributed by atoms with Crippen molar-refractivity contribution >= 4 is 5.97 Å². The average Bonchev–Trinajstić information content (AvgIpc) is 2.47. The van der Waals surface area contributed by atoms with Crippen LogP contribution in [0.2, 0.25) is 0 Å². The first-order valence-corrected chi connectivity index (χ1v) is 6.63. The highest BCUT2D eigenvalue weighted by atomic mass is 19.1. The summed E-state index contributed by atoms with van der Waals surface area (Å²) in [6, 6.07) is 10.7. The first-order chi connectivity index (χ1) is 10.0. The van der Waals surface area contributed by atoms with Crippen LogP contribution >= 0.6 is 0 Å². The Hall–Kier alpha value is -2.23. The van der Waals surface area contributed by atoms with E-state index in [0.717, 1.165) is 11.6 Å². The standard InChI is InChI=1S/C17H16F2O2/c1-11(9-17(20)21-2)12-3-5-13(6-4-12)15-8-7-14(18)10-16(15)19/h3-8,10-11H,9H2,1-2H3. The normalized spacial score (nSPS) is 12.0. The number of methoxy groups -OCH3 is 1. The van der Waals surface area contributed by atoms with Gasteiger partial charge in [0.2, 0.25) is 0 Å². The Kier molecular flexibility index (Phi) is 4.68. The molecule has 0 heterocycles. The molecule has 2 aromatic carbocycles. The van der Waals surface area contributed by atoms with Crippen LogP contribution in [0.15, 0.2) is 42.5 Å². The number of hydrogen-bond donors (Lipinski definition) is 0. The van der Waals surface area contributed by atoms with Gasteiger partial charge in [-0.25, -0.2) is 8.78 Å². The minimum Gasteiger partial charge on any atom is -0.469 e. The Bertz CT molecular complexity index is 636. The summed E-state index contributed by atoms with van der Waals surface area (Å²) < 4.78 is 31.3. The van der Waals surface area contributed by atoms with Gasteiger partial charge in [0.05, 0.1) is 13.5 Å². The number of halogens is 2. The molecule has 0 radical (unpaired) electrons. The van der Waals surface area contributed by atoms with Crippen LogP contribution in [0.4, 0.5) is 8.78 Å². The van der Waals surface area contributed by atoms with E-state index in [0.29, 0.717) is 17.5 Å². The summed E-state index contributed by atoms with van der Waals surface area (Å²) in [5.41, 5.74) is 1.98. The molecule has 2 nitrogen and oxygen atoms in total. The molecule has 0 aromatic heterocycles. The molecule has 0 N–H and O–H groups in total. The minimum atomic E-state index is -0.598. The van der Waals surface area contributed by atoms with Crippen molar-refractivity contribution in [1.82, 2.24) is 0 Å². The lowest BCUT2D eigenvalue weighted by Crippen LogP contribution is -2.05. The van der Waals surface area contributed by atoms with Gasteiger partial charge in [-0.1, -0.05) is 31.2 Å². The molecular formula is C17H16F2O2. The molecule has 0 aliphatic heterocycles. The molecule has 0 saturated heterocycles. The van der Waals surface area contributed by atoms with Crippen LogP contribution in [0.3, 0.4) is 0 Å². The van der Waals surface area contributed by atoms with Crippen LogP contribution in [-0.4, -0.2) is 13.1 Å². The lowest BCUT2D eigenvalue weighted by atomic mass is 9.95. The van der Waals surface area contributed by atoms with Crippen molar-refractivity contribution in [3.8, 4) is 11.1 Å². The van der Waals surface area contributed by atoms with Crippen molar-refractivity contribution in [2.75, 3.05) is 7.11 Å². The van der Waals surface area contributed by atoms with Gasteiger partial charge in [-0.3, -0.25) is 4.79 Å². The van der Waals surface area contributed by atoms with Gasteiger partial charge in [-0.15, -0.1) is 0 Å². The molecule has 0 spiro atoms. The summed E-state index contributed by atoms with van der Waals surface area (Å²) in [4.78, 5) is 11.3. The highest BCUT2D eigenvalue weighted by Gasteiger charge is 2.12. The van der Waals surface area contributed by atoms with E-state index in [9.17, 15) is 13.6 Å². The maximum Gasteiger partial charge on any atom is 0.306 e. The first kappa shape index (κ1) is 15.2. The Morgan fingerprint density at radius 3 is 2.38 bits per heavy atom. The molecule has 0 fully saturated rings. The van der Waals surface area contributed by atoms with Gasteiger partial charge in [-0.05, 0) is 29.2 Å². The average molecular weight is 290 g/mol. The van der Waals surface area contributed by atoms with E-state index in [1.165, 1.54) is 19.2 Å². The molecule has 1 unspecified atom stereocenters. The fourth-order valence-corrected chi connectivity index (χ4v) is 2.17. The van der Waals surface area contributed by atoms with Crippen LogP contribution in [0, 0.1) is 11.6 Å². The zero-order valence-corrected chi connectivity index (χ0v) is 11.9. The lowest BCUT2D eigenvalue weighted by Gasteiger charge is -2.11. The molecule has 1 atom stereocenters. The number of benzene rings is 2. The maximum absolute atomic E-state index is 13.7. The van der Waals surface area contributed by atoms with Crippen LogP contribution < -0.4 is 0 Å². The highest BCUT2D eigenvalue weighted by Crippen LogP contribution is 2.26. The predicted molar refractivity (Wildman–Crippen MR) is 76.8 cm³/mol. The van der Waals surface area contributed by atoms with Gasteiger partial charge in [0.25, 0.3) is 0 Å². The van der Waals surface area contributed by atoms with Crippen molar-refractivity contribution < 1.29 is 18.3 Å². The van der Waals surface area contributed by atoms with E-state index in [1.54, 1.807) is 12.1 Å². The SMILES string of the molecule is COC(=O)CC(C)c1ccc(-c2ccc(F)cc2F)cc1. The molecule has 4 heteroatoms. The smallest absolute Gasteiger partial charge is 0.306 e. The fraction of sp³-hybridized carbons (Fsp3) is 0.235. The second kappa shape index (κ2) is 6.48. The molecular weight excluding hydrogens is 274 g/mol. The zero-order valence-electron chi connectivity index (χ0n) is 11.9. The number of hydrogen-bond acceptors (Lipinski definition) is 2. The third-order valence-electron chi connectivity index (χ3n) is 3.42. The first-order valence-electron chi connectivity index (χ1n) is 6.63. The van der Waals surface area contributed by atoms with Crippen molar-refractivity contribution in [2.24, 2.45) is 0 Å². The number of ether oxygens (including phenoxy) is 1. The largest absolute Gasteiger partial charge is 0.469 e. The Morgan fingerprint density at radius 2 is 1.81 bits per heavy atom. The number of esters is 1. The van der Waals surface area contributed by atoms with Gasteiger partial charge in [0, 0.05) is 11.6 Å². The van der Waals surface area contributed by atoms with E-state index in [-0.39, 0.29) is 11.9 Å². The second-order valence-electron chi connectivity index (χ2n) is 4.93. The zero-order chi connectivity index (χ0) is 15.4. The van der Waals surface area contributed by atoms with Crippen LogP contribution in [0.25, 0.3) is 11.1 Å². The highest BCUT2D eigenvalue weighted by molar-refractivity contribution is 5.70. The quantitative estimate of drug-likeness (QED) is 0.785. The molecule has 21 heavy (non-hydrogen) atoms. The van der Waals surface area contributed by atoms with Gasteiger partial charge >= 0.3 is 5.97 Å². The molecule has 0 aliphatic rings. The summed E-state index contributed by atoms with van der Waals surface area (Å²) >= 11 is 0. The molecule has 2 rings (SSSR count). The summed E-state index contributed by atoms with van der Waals surface area (Å²) in [6.07, 6.45) is 0.292. The van der Waals surface area contributed by atoms with E-state index in [1.807, 2.05) is 19.1 Å². The van der Waals surface area contributed by atoms with Gasteiger partial charge in [-0.2, -0.15) is 0 Å². The van der Waals surface area contributed by atoms with Crippen LogP contribution in [0.5, 0.6) is 0 Å². The predicted octanol–water partition coefficient (Wildman–Crippen LogP) is 4.30. The van der Waals surface area contributed by atoms with Crippen LogP contribution in [-0.2, 0) is 9.53 Å². The lowest BCUT2D eigenvalue weighted by molar-refractivity contribution is -0.140. The summed E-state index contributed by atoms with van der Waals surface area (Å²) in [6.45, 7) is 1.92. The second-order valence-corrected chi connectivity index (χ2v) is 4.93. The number of carbonyl (C=O) groups is 1. The molecule has 2 aromatic rings. The Labute approximate surface area is 122 Å². The van der Waals surface area contributed by atoms with Crippen molar-refractivity contribution in [2.45, 2.75) is 19.3 Å². The third-order valence-corrected chi connectivity index (χ3v) is 3.42.